The SMILES string of the molecule is Cn1cc(C(=O)NC2CCN(CN3C(=O)NC4(CCCN(Cc5ccccc5)C4)C3=O)CC2)cn1. The summed E-state index contributed by atoms with van der Waals surface area (Å²) in [5.41, 5.74) is 0.921. The van der Waals surface area contributed by atoms with Gasteiger partial charge in [0.25, 0.3) is 11.8 Å². The fourth-order valence-electron chi connectivity index (χ4n) is 5.43. The molecule has 10 heteroatoms. The second kappa shape index (κ2) is 9.79. The number of urea groups is 1. The summed E-state index contributed by atoms with van der Waals surface area (Å²) in [5.74, 6) is -0.239. The topological polar surface area (TPSA) is 103 Å². The number of piperidine rings is 2. The van der Waals surface area contributed by atoms with Crippen molar-refractivity contribution in [2.75, 3.05) is 32.8 Å². The fraction of sp³-hybridized carbons (Fsp3) is 0.520. The number of rotatable bonds is 6. The second-order valence-corrected chi connectivity index (χ2v) is 9.96. The smallest absolute Gasteiger partial charge is 0.326 e. The zero-order valence-corrected chi connectivity index (χ0v) is 20.2. The lowest BCUT2D eigenvalue weighted by Gasteiger charge is -2.38. The normalized spacial score (nSPS) is 24.2. The first-order valence-corrected chi connectivity index (χ1v) is 12.3. The molecule has 5 rings (SSSR count). The van der Waals surface area contributed by atoms with Crippen LogP contribution in [0.25, 0.3) is 0 Å². The molecule has 1 spiro atoms. The summed E-state index contributed by atoms with van der Waals surface area (Å²) in [6, 6.07) is 9.98. The molecule has 4 heterocycles. The Morgan fingerprint density at radius 1 is 1.14 bits per heavy atom. The molecular formula is C25H33N7O3. The molecule has 3 aliphatic rings. The third kappa shape index (κ3) is 5.08. The number of carbonyl (C=O) groups excluding carboxylic acids is 3. The second-order valence-electron chi connectivity index (χ2n) is 9.96. The van der Waals surface area contributed by atoms with E-state index in [-0.39, 0.29) is 30.6 Å². The molecule has 0 radical (unpaired) electrons. The molecule has 3 aliphatic heterocycles. The first-order valence-electron chi connectivity index (χ1n) is 12.3. The van der Waals surface area contributed by atoms with E-state index in [1.165, 1.54) is 10.5 Å². The van der Waals surface area contributed by atoms with Crippen LogP contribution in [0.15, 0.2) is 42.7 Å². The van der Waals surface area contributed by atoms with Gasteiger partial charge >= 0.3 is 6.03 Å². The summed E-state index contributed by atoms with van der Waals surface area (Å²) in [6.07, 6.45) is 6.34. The quantitative estimate of drug-likeness (QED) is 0.603. The van der Waals surface area contributed by atoms with Crippen LogP contribution in [-0.2, 0) is 18.4 Å². The van der Waals surface area contributed by atoms with Crippen molar-refractivity contribution >= 4 is 17.8 Å². The number of imide groups is 1. The highest BCUT2D eigenvalue weighted by Gasteiger charge is 2.53. The van der Waals surface area contributed by atoms with Crippen LogP contribution in [-0.4, -0.2) is 86.8 Å². The lowest BCUT2D eigenvalue weighted by atomic mass is 9.88. The van der Waals surface area contributed by atoms with E-state index in [1.54, 1.807) is 24.1 Å². The summed E-state index contributed by atoms with van der Waals surface area (Å²) >= 11 is 0. The van der Waals surface area contributed by atoms with Crippen molar-refractivity contribution in [1.82, 2.24) is 35.1 Å². The molecule has 1 atom stereocenters. The predicted molar refractivity (Wildman–Crippen MR) is 129 cm³/mol. The van der Waals surface area contributed by atoms with Gasteiger partial charge in [0.05, 0.1) is 18.4 Å². The molecule has 0 bridgehead atoms. The van der Waals surface area contributed by atoms with E-state index < -0.39 is 5.54 Å². The standard InChI is InChI=1S/C25H33N7O3/c1-29-16-20(14-26-29)22(33)27-21-8-12-30(13-9-21)18-32-23(34)25(28-24(32)35)10-5-11-31(17-25)15-19-6-3-2-4-7-19/h2-4,6-7,14,16,21H,5,8-13,15,17-18H2,1H3,(H,27,33)(H,28,35). The summed E-state index contributed by atoms with van der Waals surface area (Å²) < 4.78 is 1.61. The molecule has 4 amide bonds. The maximum Gasteiger partial charge on any atom is 0.326 e. The van der Waals surface area contributed by atoms with Crippen LogP contribution in [0.4, 0.5) is 4.79 Å². The van der Waals surface area contributed by atoms with Crippen molar-refractivity contribution in [3.05, 3.63) is 53.9 Å². The Morgan fingerprint density at radius 2 is 1.91 bits per heavy atom. The summed E-state index contributed by atoms with van der Waals surface area (Å²) in [7, 11) is 1.78. The summed E-state index contributed by atoms with van der Waals surface area (Å²) in [4.78, 5) is 44.5. The predicted octanol–water partition coefficient (Wildman–Crippen LogP) is 1.16. The molecule has 1 aromatic heterocycles. The summed E-state index contributed by atoms with van der Waals surface area (Å²) in [6.45, 7) is 3.92. The Balaban J connectivity index is 1.14. The van der Waals surface area contributed by atoms with E-state index in [0.717, 1.165) is 32.4 Å². The van der Waals surface area contributed by atoms with Gasteiger partial charge in [-0.25, -0.2) is 9.69 Å². The lowest BCUT2D eigenvalue weighted by molar-refractivity contribution is -0.135. The van der Waals surface area contributed by atoms with E-state index in [0.29, 0.717) is 31.6 Å². The maximum atomic E-state index is 13.5. The fourth-order valence-corrected chi connectivity index (χ4v) is 5.43. The van der Waals surface area contributed by atoms with Crippen molar-refractivity contribution in [2.24, 2.45) is 7.05 Å². The number of hydrogen-bond donors (Lipinski definition) is 2. The number of carbonyl (C=O) groups is 3. The van der Waals surface area contributed by atoms with Crippen LogP contribution in [0.3, 0.4) is 0 Å². The number of nitrogens with one attached hydrogen (secondary N) is 2. The molecule has 0 aliphatic carbocycles. The Bertz CT molecular complexity index is 1080. The molecule has 35 heavy (non-hydrogen) atoms. The van der Waals surface area contributed by atoms with E-state index >= 15 is 0 Å². The van der Waals surface area contributed by atoms with E-state index in [2.05, 4.69) is 37.7 Å². The minimum Gasteiger partial charge on any atom is -0.349 e. The minimum atomic E-state index is -0.833. The number of likely N-dealkylation sites (tertiary alicyclic amines) is 2. The molecule has 1 aromatic carbocycles. The molecular weight excluding hydrogens is 446 g/mol. The average Bonchev–Trinajstić information content (AvgIpc) is 3.38. The van der Waals surface area contributed by atoms with Gasteiger partial charge in [-0.2, -0.15) is 5.10 Å². The molecule has 1 unspecified atom stereocenters. The Hall–Kier alpha value is -3.24. The largest absolute Gasteiger partial charge is 0.349 e. The third-order valence-electron chi connectivity index (χ3n) is 7.30. The first kappa shape index (κ1) is 23.5. The molecule has 2 aromatic rings. The molecule has 3 fully saturated rings. The van der Waals surface area contributed by atoms with Gasteiger partial charge < -0.3 is 10.6 Å². The highest BCUT2D eigenvalue weighted by molar-refractivity contribution is 6.07. The number of aryl methyl sites for hydroxylation is 1. The van der Waals surface area contributed by atoms with Crippen LogP contribution in [0.5, 0.6) is 0 Å². The molecule has 0 saturated carbocycles. The van der Waals surface area contributed by atoms with Gasteiger partial charge in [-0.1, -0.05) is 30.3 Å². The summed E-state index contributed by atoms with van der Waals surface area (Å²) in [5, 5.41) is 10.1. The molecule has 10 nitrogen and oxygen atoms in total. The lowest BCUT2D eigenvalue weighted by Crippen LogP contribution is -2.58. The van der Waals surface area contributed by atoms with Crippen LogP contribution < -0.4 is 10.6 Å². The van der Waals surface area contributed by atoms with E-state index in [1.807, 2.05) is 18.2 Å². The zero-order valence-electron chi connectivity index (χ0n) is 20.2. The van der Waals surface area contributed by atoms with Crippen molar-refractivity contribution in [3.63, 3.8) is 0 Å². The van der Waals surface area contributed by atoms with Gasteiger partial charge in [0.2, 0.25) is 0 Å². The number of amides is 4. The number of nitrogens with zero attached hydrogens (tertiary/aromatic N) is 5. The Kier molecular flexibility index (Phi) is 6.57. The average molecular weight is 480 g/mol. The number of benzene rings is 1. The Labute approximate surface area is 205 Å². The number of aromatic nitrogens is 2. The van der Waals surface area contributed by atoms with Crippen LogP contribution in [0.1, 0.15) is 41.6 Å². The van der Waals surface area contributed by atoms with E-state index in [4.69, 9.17) is 0 Å². The maximum absolute atomic E-state index is 13.5. The first-order chi connectivity index (χ1) is 16.9. The van der Waals surface area contributed by atoms with Crippen LogP contribution in [0, 0.1) is 0 Å². The van der Waals surface area contributed by atoms with Gasteiger partial charge in [-0.3, -0.25) is 24.1 Å². The van der Waals surface area contributed by atoms with Crippen molar-refractivity contribution in [1.29, 1.82) is 0 Å². The molecule has 186 valence electrons. The van der Waals surface area contributed by atoms with Crippen molar-refractivity contribution < 1.29 is 14.4 Å². The van der Waals surface area contributed by atoms with Crippen LogP contribution >= 0.6 is 0 Å². The van der Waals surface area contributed by atoms with Crippen LogP contribution in [0.2, 0.25) is 0 Å². The Morgan fingerprint density at radius 3 is 2.63 bits per heavy atom. The number of hydrogen-bond acceptors (Lipinski definition) is 6. The van der Waals surface area contributed by atoms with Gasteiger partial charge in [0.1, 0.15) is 5.54 Å². The minimum absolute atomic E-state index is 0.0679. The third-order valence-corrected chi connectivity index (χ3v) is 7.30. The monoisotopic (exact) mass is 479 g/mol. The molecule has 2 N–H and O–H groups in total. The van der Waals surface area contributed by atoms with E-state index in [9.17, 15) is 14.4 Å². The van der Waals surface area contributed by atoms with Gasteiger partial charge in [0, 0.05) is 45.5 Å². The van der Waals surface area contributed by atoms with Crippen molar-refractivity contribution in [2.45, 2.75) is 43.8 Å². The van der Waals surface area contributed by atoms with Gasteiger partial charge in [0.15, 0.2) is 0 Å². The molecule has 3 saturated heterocycles. The van der Waals surface area contributed by atoms with Gasteiger partial charge in [-0.05, 0) is 37.8 Å². The van der Waals surface area contributed by atoms with Crippen molar-refractivity contribution in [3.8, 4) is 0 Å². The highest BCUT2D eigenvalue weighted by atomic mass is 16.2. The van der Waals surface area contributed by atoms with Gasteiger partial charge in [-0.15, -0.1) is 0 Å². The highest BCUT2D eigenvalue weighted by Crippen LogP contribution is 2.29. The zero-order chi connectivity index (χ0) is 24.4.